The molecular formula is C17H18FNO2. The number of ether oxygens (including phenoxy) is 1. The van der Waals surface area contributed by atoms with Crippen LogP contribution in [-0.2, 0) is 4.79 Å². The average molecular weight is 287 g/mol. The van der Waals surface area contributed by atoms with Crippen LogP contribution in [0.3, 0.4) is 0 Å². The summed E-state index contributed by atoms with van der Waals surface area (Å²) in [5.41, 5.74) is 0.999. The van der Waals surface area contributed by atoms with Gasteiger partial charge in [0.2, 0.25) is 0 Å². The van der Waals surface area contributed by atoms with Gasteiger partial charge in [-0.1, -0.05) is 30.3 Å². The number of rotatable bonds is 8. The monoisotopic (exact) mass is 287 g/mol. The van der Waals surface area contributed by atoms with Crippen molar-refractivity contribution in [2.45, 2.75) is 5.92 Å². The van der Waals surface area contributed by atoms with Gasteiger partial charge in [0, 0.05) is 13.1 Å². The summed E-state index contributed by atoms with van der Waals surface area (Å²) < 4.78 is 18.2. The van der Waals surface area contributed by atoms with E-state index in [0.29, 0.717) is 25.4 Å². The summed E-state index contributed by atoms with van der Waals surface area (Å²) in [6.45, 7) is 1.65. The highest BCUT2D eigenvalue weighted by Crippen LogP contribution is 2.12. The van der Waals surface area contributed by atoms with E-state index < -0.39 is 0 Å². The van der Waals surface area contributed by atoms with Crippen LogP contribution in [0, 0.1) is 5.82 Å². The van der Waals surface area contributed by atoms with E-state index in [4.69, 9.17) is 4.74 Å². The lowest BCUT2D eigenvalue weighted by Crippen LogP contribution is -2.26. The highest BCUT2D eigenvalue weighted by Gasteiger charge is 2.08. The van der Waals surface area contributed by atoms with E-state index in [-0.39, 0.29) is 11.7 Å². The van der Waals surface area contributed by atoms with Gasteiger partial charge < -0.3 is 14.8 Å². The van der Waals surface area contributed by atoms with E-state index in [2.05, 4.69) is 5.32 Å². The molecule has 0 bridgehead atoms. The molecule has 2 rings (SSSR count). The van der Waals surface area contributed by atoms with Gasteiger partial charge in [0.05, 0.1) is 5.92 Å². The molecule has 1 atom stereocenters. The third kappa shape index (κ3) is 5.00. The fourth-order valence-electron chi connectivity index (χ4n) is 1.97. The molecule has 0 spiro atoms. The number of hydrogen-bond acceptors (Lipinski definition) is 3. The van der Waals surface area contributed by atoms with Gasteiger partial charge >= 0.3 is 0 Å². The third-order valence-electron chi connectivity index (χ3n) is 3.12. The van der Waals surface area contributed by atoms with Crippen LogP contribution >= 0.6 is 0 Å². The largest absolute Gasteiger partial charge is 0.492 e. The molecule has 2 aromatic rings. The Bertz CT molecular complexity index is 542. The van der Waals surface area contributed by atoms with Gasteiger partial charge in [0.1, 0.15) is 24.5 Å². The predicted octanol–water partition coefficient (Wildman–Crippen LogP) is 2.78. The van der Waals surface area contributed by atoms with Gasteiger partial charge in [-0.2, -0.15) is 0 Å². The summed E-state index contributed by atoms with van der Waals surface area (Å²) in [7, 11) is 0. The Balaban J connectivity index is 1.69. The van der Waals surface area contributed by atoms with Gasteiger partial charge in [0.25, 0.3) is 0 Å². The first-order valence-corrected chi connectivity index (χ1v) is 6.89. The standard InChI is InChI=1S/C17H18FNO2/c18-16-6-8-17(9-7-16)21-11-10-19-12-15(13-20)14-4-2-1-3-5-14/h1-9,13,15,19H,10-12H2. The summed E-state index contributed by atoms with van der Waals surface area (Å²) in [6.07, 6.45) is 0.948. The van der Waals surface area contributed by atoms with Crippen LogP contribution in [0.2, 0.25) is 0 Å². The molecule has 0 amide bonds. The first kappa shape index (κ1) is 15.2. The van der Waals surface area contributed by atoms with Crippen molar-refractivity contribution in [1.29, 1.82) is 0 Å². The minimum Gasteiger partial charge on any atom is -0.492 e. The molecular weight excluding hydrogens is 269 g/mol. The third-order valence-corrected chi connectivity index (χ3v) is 3.12. The number of halogens is 1. The van der Waals surface area contributed by atoms with Gasteiger partial charge in [-0.25, -0.2) is 4.39 Å². The Morgan fingerprint density at radius 3 is 2.48 bits per heavy atom. The first-order chi connectivity index (χ1) is 10.3. The van der Waals surface area contributed by atoms with Crippen molar-refractivity contribution in [3.05, 3.63) is 66.0 Å². The molecule has 0 fully saturated rings. The Labute approximate surface area is 123 Å². The summed E-state index contributed by atoms with van der Waals surface area (Å²) in [6, 6.07) is 15.6. The zero-order valence-electron chi connectivity index (χ0n) is 11.7. The second kappa shape index (κ2) is 8.17. The molecule has 0 aromatic heterocycles. The van der Waals surface area contributed by atoms with Crippen LogP contribution in [0.15, 0.2) is 54.6 Å². The molecule has 3 nitrogen and oxygen atoms in total. The number of carbonyl (C=O) groups is 1. The SMILES string of the molecule is O=CC(CNCCOc1ccc(F)cc1)c1ccccc1. The smallest absolute Gasteiger partial charge is 0.128 e. The Morgan fingerprint density at radius 2 is 1.81 bits per heavy atom. The maximum absolute atomic E-state index is 12.7. The minimum atomic E-state index is -0.280. The van der Waals surface area contributed by atoms with Crippen LogP contribution in [0.1, 0.15) is 11.5 Å². The molecule has 0 aliphatic rings. The molecule has 1 unspecified atom stereocenters. The molecule has 4 heteroatoms. The Kier molecular flexibility index (Phi) is 5.91. The number of aldehydes is 1. The number of benzene rings is 2. The van der Waals surface area contributed by atoms with Crippen LogP contribution in [0.4, 0.5) is 4.39 Å². The van der Waals surface area contributed by atoms with Crippen molar-refractivity contribution in [1.82, 2.24) is 5.32 Å². The maximum atomic E-state index is 12.7. The summed E-state index contributed by atoms with van der Waals surface area (Å²) >= 11 is 0. The molecule has 0 heterocycles. The molecule has 21 heavy (non-hydrogen) atoms. The normalized spacial score (nSPS) is 11.9. The summed E-state index contributed by atoms with van der Waals surface area (Å²) in [4.78, 5) is 11.1. The Morgan fingerprint density at radius 1 is 1.10 bits per heavy atom. The number of nitrogens with one attached hydrogen (secondary N) is 1. The van der Waals surface area contributed by atoms with Crippen molar-refractivity contribution in [2.24, 2.45) is 0 Å². The zero-order valence-corrected chi connectivity index (χ0v) is 11.7. The van der Waals surface area contributed by atoms with E-state index in [1.807, 2.05) is 30.3 Å². The topological polar surface area (TPSA) is 38.3 Å². The van der Waals surface area contributed by atoms with Crippen molar-refractivity contribution < 1.29 is 13.9 Å². The number of carbonyl (C=O) groups excluding carboxylic acids is 1. The zero-order chi connectivity index (χ0) is 14.9. The van der Waals surface area contributed by atoms with Crippen LogP contribution in [-0.4, -0.2) is 26.0 Å². The first-order valence-electron chi connectivity index (χ1n) is 6.89. The van der Waals surface area contributed by atoms with Crippen molar-refractivity contribution in [2.75, 3.05) is 19.7 Å². The van der Waals surface area contributed by atoms with Gasteiger partial charge in [-0.3, -0.25) is 0 Å². The molecule has 2 aromatic carbocycles. The molecule has 1 N–H and O–H groups in total. The van der Waals surface area contributed by atoms with E-state index in [1.54, 1.807) is 12.1 Å². The lowest BCUT2D eigenvalue weighted by Gasteiger charge is -2.12. The van der Waals surface area contributed by atoms with Crippen molar-refractivity contribution in [3.8, 4) is 5.75 Å². The molecule has 0 saturated carbocycles. The van der Waals surface area contributed by atoms with E-state index in [1.165, 1.54) is 12.1 Å². The summed E-state index contributed by atoms with van der Waals surface area (Å²) in [5, 5.41) is 3.19. The quantitative estimate of drug-likeness (QED) is 0.599. The molecule has 110 valence electrons. The van der Waals surface area contributed by atoms with E-state index in [9.17, 15) is 9.18 Å². The van der Waals surface area contributed by atoms with Gasteiger partial charge in [0.15, 0.2) is 0 Å². The minimum absolute atomic E-state index is 0.156. The number of hydrogen-bond donors (Lipinski definition) is 1. The summed E-state index contributed by atoms with van der Waals surface area (Å²) in [5.74, 6) is 0.197. The maximum Gasteiger partial charge on any atom is 0.128 e. The molecule has 0 radical (unpaired) electrons. The lowest BCUT2D eigenvalue weighted by atomic mass is 10.0. The van der Waals surface area contributed by atoms with Gasteiger partial charge in [-0.05, 0) is 29.8 Å². The molecule has 0 saturated heterocycles. The fourth-order valence-corrected chi connectivity index (χ4v) is 1.97. The second-order valence-electron chi connectivity index (χ2n) is 4.66. The second-order valence-corrected chi connectivity index (χ2v) is 4.66. The van der Waals surface area contributed by atoms with Crippen molar-refractivity contribution in [3.63, 3.8) is 0 Å². The van der Waals surface area contributed by atoms with E-state index >= 15 is 0 Å². The fraction of sp³-hybridized carbons (Fsp3) is 0.235. The molecule has 0 aliphatic heterocycles. The highest BCUT2D eigenvalue weighted by atomic mass is 19.1. The lowest BCUT2D eigenvalue weighted by molar-refractivity contribution is -0.109. The molecule has 0 aliphatic carbocycles. The van der Waals surface area contributed by atoms with E-state index in [0.717, 1.165) is 11.8 Å². The van der Waals surface area contributed by atoms with Crippen LogP contribution < -0.4 is 10.1 Å². The van der Waals surface area contributed by atoms with Crippen LogP contribution in [0.25, 0.3) is 0 Å². The Hall–Kier alpha value is -2.20. The average Bonchev–Trinajstić information content (AvgIpc) is 2.53. The van der Waals surface area contributed by atoms with Crippen molar-refractivity contribution >= 4 is 6.29 Å². The van der Waals surface area contributed by atoms with Gasteiger partial charge in [-0.15, -0.1) is 0 Å². The predicted molar refractivity (Wildman–Crippen MR) is 80.0 cm³/mol. The highest BCUT2D eigenvalue weighted by molar-refractivity contribution is 5.62. The van der Waals surface area contributed by atoms with Crippen LogP contribution in [0.5, 0.6) is 5.75 Å².